The van der Waals surface area contributed by atoms with E-state index in [1.807, 2.05) is 0 Å². The molecule has 3 aromatic rings. The van der Waals surface area contributed by atoms with Crippen LogP contribution in [0.5, 0.6) is 0 Å². The monoisotopic (exact) mass is 469 g/mol. The molecule has 0 aliphatic carbocycles. The molecule has 158 valence electrons. The van der Waals surface area contributed by atoms with E-state index in [1.54, 1.807) is 24.3 Å². The Labute approximate surface area is 182 Å². The number of amides is 1. The van der Waals surface area contributed by atoms with Gasteiger partial charge < -0.3 is 9.32 Å². The highest BCUT2D eigenvalue weighted by Gasteiger charge is 2.31. The van der Waals surface area contributed by atoms with E-state index in [2.05, 4.69) is 0 Å². The summed E-state index contributed by atoms with van der Waals surface area (Å²) in [5.74, 6) is -0.954. The SMILES string of the molecule is O=C(Cn1c(=O)oc2cc(Cl)ccc21)N1CCN(S(=O)(=O)c2ccccc2Cl)CC1. The van der Waals surface area contributed by atoms with Gasteiger partial charge in [-0.15, -0.1) is 0 Å². The number of carbonyl (C=O) groups is 1. The minimum atomic E-state index is -3.75. The van der Waals surface area contributed by atoms with Gasteiger partial charge in [-0.25, -0.2) is 13.2 Å². The van der Waals surface area contributed by atoms with E-state index in [1.165, 1.54) is 32.0 Å². The molecule has 0 bridgehead atoms. The quantitative estimate of drug-likeness (QED) is 0.584. The van der Waals surface area contributed by atoms with Gasteiger partial charge in [0.15, 0.2) is 5.58 Å². The molecular formula is C19H17Cl2N3O5S. The Balaban J connectivity index is 1.46. The van der Waals surface area contributed by atoms with Crippen molar-refractivity contribution in [3.8, 4) is 0 Å². The molecule has 2 heterocycles. The average Bonchev–Trinajstić information content (AvgIpc) is 3.02. The van der Waals surface area contributed by atoms with Crippen LogP contribution in [-0.4, -0.2) is 54.3 Å². The second-order valence-electron chi connectivity index (χ2n) is 6.78. The number of benzene rings is 2. The summed E-state index contributed by atoms with van der Waals surface area (Å²) in [7, 11) is -3.75. The van der Waals surface area contributed by atoms with Crippen molar-refractivity contribution < 1.29 is 17.6 Å². The summed E-state index contributed by atoms with van der Waals surface area (Å²) in [6.45, 7) is 0.481. The number of piperazine rings is 1. The van der Waals surface area contributed by atoms with Crippen molar-refractivity contribution in [1.29, 1.82) is 0 Å². The van der Waals surface area contributed by atoms with E-state index in [0.29, 0.717) is 16.1 Å². The van der Waals surface area contributed by atoms with E-state index in [-0.39, 0.29) is 48.5 Å². The van der Waals surface area contributed by atoms with Crippen LogP contribution in [0.2, 0.25) is 10.0 Å². The first-order chi connectivity index (χ1) is 14.3. The first-order valence-electron chi connectivity index (χ1n) is 9.09. The van der Waals surface area contributed by atoms with Crippen LogP contribution in [0.3, 0.4) is 0 Å². The lowest BCUT2D eigenvalue weighted by Crippen LogP contribution is -2.51. The highest BCUT2D eigenvalue weighted by atomic mass is 35.5. The minimum Gasteiger partial charge on any atom is -0.408 e. The van der Waals surface area contributed by atoms with Crippen LogP contribution in [-0.2, 0) is 21.4 Å². The lowest BCUT2D eigenvalue weighted by molar-refractivity contribution is -0.133. The number of oxazole rings is 1. The number of hydrogen-bond donors (Lipinski definition) is 0. The molecule has 1 saturated heterocycles. The molecule has 1 amide bonds. The summed E-state index contributed by atoms with van der Waals surface area (Å²) >= 11 is 11.9. The van der Waals surface area contributed by atoms with Crippen LogP contribution >= 0.6 is 23.2 Å². The van der Waals surface area contributed by atoms with E-state index in [4.69, 9.17) is 27.6 Å². The molecule has 1 aliphatic rings. The molecule has 0 atom stereocenters. The van der Waals surface area contributed by atoms with Gasteiger partial charge in [-0.05, 0) is 24.3 Å². The second kappa shape index (κ2) is 8.07. The second-order valence-corrected chi connectivity index (χ2v) is 9.53. The third-order valence-electron chi connectivity index (χ3n) is 4.97. The molecule has 0 radical (unpaired) electrons. The first-order valence-corrected chi connectivity index (χ1v) is 11.3. The summed E-state index contributed by atoms with van der Waals surface area (Å²) in [6, 6.07) is 11.0. The number of sulfonamides is 1. The van der Waals surface area contributed by atoms with Crippen LogP contribution in [0.15, 0.2) is 56.6 Å². The third-order valence-corrected chi connectivity index (χ3v) is 7.60. The lowest BCUT2D eigenvalue weighted by Gasteiger charge is -2.34. The number of halogens is 2. The number of fused-ring (bicyclic) bond motifs is 1. The normalized spacial score (nSPS) is 15.6. The molecule has 8 nitrogen and oxygen atoms in total. The Bertz CT molecular complexity index is 1280. The van der Waals surface area contributed by atoms with Gasteiger partial charge in [-0.1, -0.05) is 35.3 Å². The van der Waals surface area contributed by atoms with Gasteiger partial charge >= 0.3 is 5.76 Å². The summed E-state index contributed by atoms with van der Waals surface area (Å²) in [6.07, 6.45) is 0. The van der Waals surface area contributed by atoms with E-state index in [9.17, 15) is 18.0 Å². The summed E-state index contributed by atoms with van der Waals surface area (Å²) in [4.78, 5) is 26.4. The van der Waals surface area contributed by atoms with Gasteiger partial charge in [-0.3, -0.25) is 9.36 Å². The Morgan fingerprint density at radius 3 is 2.43 bits per heavy atom. The molecule has 11 heteroatoms. The predicted molar refractivity (Wildman–Crippen MR) is 112 cm³/mol. The number of hydrogen-bond acceptors (Lipinski definition) is 5. The third kappa shape index (κ3) is 3.85. The van der Waals surface area contributed by atoms with Crippen LogP contribution < -0.4 is 5.76 Å². The van der Waals surface area contributed by atoms with Gasteiger partial charge in [0, 0.05) is 37.3 Å². The van der Waals surface area contributed by atoms with Crippen LogP contribution in [0.4, 0.5) is 0 Å². The van der Waals surface area contributed by atoms with Crippen LogP contribution in [0, 0.1) is 0 Å². The molecular weight excluding hydrogens is 453 g/mol. The van der Waals surface area contributed by atoms with Gasteiger partial charge in [0.1, 0.15) is 11.4 Å². The summed E-state index contributed by atoms with van der Waals surface area (Å²) in [5.41, 5.74) is 0.772. The van der Waals surface area contributed by atoms with Crippen molar-refractivity contribution in [2.45, 2.75) is 11.4 Å². The standard InChI is InChI=1S/C19H17Cl2N3O5S/c20-13-5-6-15-16(11-13)29-19(26)24(15)12-18(25)22-7-9-23(10-8-22)30(27,28)17-4-2-1-3-14(17)21/h1-6,11H,7-10,12H2. The molecule has 1 aliphatic heterocycles. The molecule has 0 spiro atoms. The Morgan fingerprint density at radius 1 is 1.03 bits per heavy atom. The Hall–Kier alpha value is -2.33. The zero-order chi connectivity index (χ0) is 21.5. The molecule has 30 heavy (non-hydrogen) atoms. The predicted octanol–water partition coefficient (Wildman–Crippen LogP) is 2.43. The highest BCUT2D eigenvalue weighted by Crippen LogP contribution is 2.25. The van der Waals surface area contributed by atoms with Crippen molar-refractivity contribution in [3.63, 3.8) is 0 Å². The van der Waals surface area contributed by atoms with E-state index >= 15 is 0 Å². The highest BCUT2D eigenvalue weighted by molar-refractivity contribution is 7.89. The van der Waals surface area contributed by atoms with E-state index in [0.717, 1.165) is 0 Å². The maximum atomic E-state index is 12.8. The molecule has 4 rings (SSSR count). The number of aromatic nitrogens is 1. The number of nitrogens with zero attached hydrogens (tertiary/aromatic N) is 3. The fourth-order valence-corrected chi connectivity index (χ4v) is 5.47. The van der Waals surface area contributed by atoms with Gasteiger partial charge in [0.05, 0.1) is 10.5 Å². The minimum absolute atomic E-state index is 0.0431. The number of rotatable bonds is 4. The average molecular weight is 470 g/mol. The largest absolute Gasteiger partial charge is 0.420 e. The molecule has 2 aromatic carbocycles. The molecule has 1 fully saturated rings. The topological polar surface area (TPSA) is 92.8 Å². The zero-order valence-corrected chi connectivity index (χ0v) is 18.0. The van der Waals surface area contributed by atoms with Gasteiger partial charge in [0.2, 0.25) is 15.9 Å². The van der Waals surface area contributed by atoms with Crippen molar-refractivity contribution in [2.75, 3.05) is 26.2 Å². The zero-order valence-electron chi connectivity index (χ0n) is 15.6. The van der Waals surface area contributed by atoms with Crippen molar-refractivity contribution in [2.24, 2.45) is 0 Å². The van der Waals surface area contributed by atoms with Gasteiger partial charge in [-0.2, -0.15) is 4.31 Å². The molecule has 0 unspecified atom stereocenters. The van der Waals surface area contributed by atoms with Gasteiger partial charge in [0.25, 0.3) is 0 Å². The maximum absolute atomic E-state index is 12.8. The smallest absolute Gasteiger partial charge is 0.408 e. The maximum Gasteiger partial charge on any atom is 0.420 e. The van der Waals surface area contributed by atoms with Crippen LogP contribution in [0.25, 0.3) is 11.1 Å². The van der Waals surface area contributed by atoms with E-state index < -0.39 is 15.8 Å². The number of carbonyl (C=O) groups excluding carboxylic acids is 1. The van der Waals surface area contributed by atoms with Crippen LogP contribution in [0.1, 0.15) is 0 Å². The first kappa shape index (κ1) is 20.9. The Morgan fingerprint density at radius 2 is 1.73 bits per heavy atom. The lowest BCUT2D eigenvalue weighted by atomic mass is 10.3. The summed E-state index contributed by atoms with van der Waals surface area (Å²) < 4.78 is 33.3. The fraction of sp³-hybridized carbons (Fsp3) is 0.263. The molecule has 0 saturated carbocycles. The van der Waals surface area contributed by atoms with Crippen molar-refractivity contribution >= 4 is 50.2 Å². The van der Waals surface area contributed by atoms with Crippen molar-refractivity contribution in [1.82, 2.24) is 13.8 Å². The Kier molecular flexibility index (Phi) is 5.63. The molecule has 0 N–H and O–H groups in total. The summed E-state index contributed by atoms with van der Waals surface area (Å²) in [5, 5.41) is 0.577. The van der Waals surface area contributed by atoms with Crippen molar-refractivity contribution in [3.05, 3.63) is 63.1 Å². The fourth-order valence-electron chi connectivity index (χ4n) is 3.40. The molecule has 1 aromatic heterocycles.